The quantitative estimate of drug-likeness (QED) is 0.459. The van der Waals surface area contributed by atoms with Gasteiger partial charge in [-0.2, -0.15) is 0 Å². The normalized spacial score (nSPS) is 18.8. The van der Waals surface area contributed by atoms with Gasteiger partial charge in [0.1, 0.15) is 28.2 Å². The number of nitro benzene ring substituents is 1. The number of fused-ring (bicyclic) bond motifs is 1. The molecule has 9 nitrogen and oxygen atoms in total. The Balaban J connectivity index is 2.03. The molecule has 1 aliphatic heterocycles. The maximum absolute atomic E-state index is 13.2. The van der Waals surface area contributed by atoms with Crippen molar-refractivity contribution in [1.82, 2.24) is 4.90 Å². The van der Waals surface area contributed by atoms with E-state index in [4.69, 9.17) is 13.9 Å². The summed E-state index contributed by atoms with van der Waals surface area (Å²) in [5.41, 5.74) is 0.949. The summed E-state index contributed by atoms with van der Waals surface area (Å²) >= 11 is 0. The molecule has 3 aromatic rings. The van der Waals surface area contributed by atoms with Crippen LogP contribution >= 0.6 is 0 Å². The number of rotatable bonds is 6. The van der Waals surface area contributed by atoms with Crippen LogP contribution in [0.25, 0.3) is 22.3 Å². The lowest BCUT2D eigenvalue weighted by Gasteiger charge is -2.25. The molecule has 0 aliphatic carbocycles. The van der Waals surface area contributed by atoms with E-state index in [1.165, 1.54) is 32.4 Å². The molecule has 32 heavy (non-hydrogen) atoms. The molecule has 1 fully saturated rings. The number of methoxy groups -OCH3 is 2. The van der Waals surface area contributed by atoms with Crippen molar-refractivity contribution in [2.24, 2.45) is 0 Å². The first kappa shape index (κ1) is 21.8. The van der Waals surface area contributed by atoms with Gasteiger partial charge in [0, 0.05) is 47.4 Å². The Hall–Kier alpha value is -3.43. The summed E-state index contributed by atoms with van der Waals surface area (Å²) in [5, 5.41) is 21.5. The summed E-state index contributed by atoms with van der Waals surface area (Å²) in [6.07, 6.45) is 0.740. The molecule has 4 rings (SSSR count). The van der Waals surface area contributed by atoms with Gasteiger partial charge in [-0.15, -0.1) is 0 Å². The second-order valence-corrected chi connectivity index (χ2v) is 7.81. The second-order valence-electron chi connectivity index (χ2n) is 7.81. The predicted molar refractivity (Wildman–Crippen MR) is 119 cm³/mol. The van der Waals surface area contributed by atoms with E-state index in [1.807, 2.05) is 7.05 Å². The fourth-order valence-corrected chi connectivity index (χ4v) is 4.50. The molecule has 2 aromatic carbocycles. The van der Waals surface area contributed by atoms with E-state index in [0.717, 1.165) is 13.0 Å². The highest BCUT2D eigenvalue weighted by atomic mass is 16.6. The number of likely N-dealkylation sites (N-methyl/N-ethyl adjacent to an activating group) is 1. The van der Waals surface area contributed by atoms with Crippen molar-refractivity contribution in [1.29, 1.82) is 0 Å². The Morgan fingerprint density at radius 3 is 2.62 bits per heavy atom. The maximum atomic E-state index is 13.2. The summed E-state index contributed by atoms with van der Waals surface area (Å²) in [5.74, 6) is 0.866. The first-order chi connectivity index (χ1) is 15.4. The molecule has 1 saturated heterocycles. The van der Waals surface area contributed by atoms with Crippen LogP contribution in [0.15, 0.2) is 45.6 Å². The Morgan fingerprint density at radius 2 is 1.97 bits per heavy atom. The molecular weight excluding hydrogens is 416 g/mol. The SMILES string of the molecule is COc1cc(OC)c2c(=O)cc(-c3cccc([N+](=O)[O-])c3)oc2c1[C@@H]1CCN(C)[C@H]1CO. The van der Waals surface area contributed by atoms with Gasteiger partial charge in [-0.05, 0) is 20.0 Å². The molecule has 1 aromatic heterocycles. The fraction of sp³-hybridized carbons (Fsp3) is 0.348. The van der Waals surface area contributed by atoms with E-state index >= 15 is 0 Å². The fourth-order valence-electron chi connectivity index (χ4n) is 4.50. The molecule has 2 atom stereocenters. The van der Waals surface area contributed by atoms with Crippen molar-refractivity contribution < 1.29 is 23.9 Å². The third kappa shape index (κ3) is 3.59. The molecule has 9 heteroatoms. The van der Waals surface area contributed by atoms with Crippen molar-refractivity contribution in [3.63, 3.8) is 0 Å². The van der Waals surface area contributed by atoms with E-state index < -0.39 is 4.92 Å². The summed E-state index contributed by atoms with van der Waals surface area (Å²) in [4.78, 5) is 25.9. The largest absolute Gasteiger partial charge is 0.496 e. The molecule has 168 valence electrons. The van der Waals surface area contributed by atoms with Crippen LogP contribution in [0.4, 0.5) is 5.69 Å². The van der Waals surface area contributed by atoms with Gasteiger partial charge in [0.15, 0.2) is 5.43 Å². The highest BCUT2D eigenvalue weighted by Gasteiger charge is 2.37. The van der Waals surface area contributed by atoms with E-state index in [1.54, 1.807) is 18.2 Å². The number of aliphatic hydroxyl groups excluding tert-OH is 1. The number of nitrogens with zero attached hydrogens (tertiary/aromatic N) is 2. The van der Waals surface area contributed by atoms with Crippen molar-refractivity contribution in [3.05, 3.63) is 62.3 Å². The standard InChI is InChI=1S/C23H24N2O7/c1-24-8-7-15(16(24)12-26)21-19(30-2)11-20(31-3)22-17(27)10-18(32-23(21)22)13-5-4-6-14(9-13)25(28)29/h4-6,9-11,15-16,26H,7-8,12H2,1-3H3/t15-,16+/m1/s1. The Bertz CT molecular complexity index is 1240. The zero-order valence-electron chi connectivity index (χ0n) is 18.0. The van der Waals surface area contributed by atoms with Gasteiger partial charge in [0.2, 0.25) is 0 Å². The van der Waals surface area contributed by atoms with E-state index in [0.29, 0.717) is 28.2 Å². The lowest BCUT2D eigenvalue weighted by molar-refractivity contribution is -0.384. The Labute approximate surface area is 183 Å². The van der Waals surface area contributed by atoms with Gasteiger partial charge in [-0.3, -0.25) is 14.9 Å². The van der Waals surface area contributed by atoms with Crippen LogP contribution in [0.5, 0.6) is 11.5 Å². The summed E-state index contributed by atoms with van der Waals surface area (Å²) in [7, 11) is 4.92. The van der Waals surface area contributed by atoms with Crippen molar-refractivity contribution in [2.75, 3.05) is 34.4 Å². The minimum absolute atomic E-state index is 0.0629. The third-order valence-electron chi connectivity index (χ3n) is 6.13. The van der Waals surface area contributed by atoms with Gasteiger partial charge in [-0.25, -0.2) is 0 Å². The molecule has 0 bridgehead atoms. The van der Waals surface area contributed by atoms with Crippen molar-refractivity contribution in [2.45, 2.75) is 18.4 Å². The highest BCUT2D eigenvalue weighted by Crippen LogP contribution is 2.45. The second kappa shape index (κ2) is 8.60. The van der Waals surface area contributed by atoms with Crippen LogP contribution in [-0.4, -0.2) is 55.4 Å². The lowest BCUT2D eigenvalue weighted by Crippen LogP contribution is -2.32. The summed E-state index contributed by atoms with van der Waals surface area (Å²) in [6, 6.07) is 8.72. The minimum Gasteiger partial charge on any atom is -0.496 e. The minimum atomic E-state index is -0.500. The zero-order valence-corrected chi connectivity index (χ0v) is 18.0. The summed E-state index contributed by atoms with van der Waals surface area (Å²) in [6.45, 7) is 0.702. The molecule has 1 N–H and O–H groups in total. The molecule has 0 spiro atoms. The molecule has 2 heterocycles. The van der Waals surface area contributed by atoms with Crippen LogP contribution in [0.1, 0.15) is 17.9 Å². The number of hydrogen-bond acceptors (Lipinski definition) is 8. The van der Waals surface area contributed by atoms with E-state index in [9.17, 15) is 20.0 Å². The zero-order chi connectivity index (χ0) is 23.0. The number of hydrogen-bond donors (Lipinski definition) is 1. The average Bonchev–Trinajstić information content (AvgIpc) is 3.17. The third-order valence-corrected chi connectivity index (χ3v) is 6.13. The first-order valence-corrected chi connectivity index (χ1v) is 10.2. The Morgan fingerprint density at radius 1 is 1.22 bits per heavy atom. The molecule has 0 amide bonds. The number of non-ortho nitro benzene ring substituents is 1. The first-order valence-electron chi connectivity index (χ1n) is 10.2. The molecular formula is C23H24N2O7. The molecule has 0 unspecified atom stereocenters. The number of benzene rings is 2. The summed E-state index contributed by atoms with van der Waals surface area (Å²) < 4.78 is 17.3. The monoisotopic (exact) mass is 440 g/mol. The van der Waals surface area contributed by atoms with Crippen LogP contribution in [0, 0.1) is 10.1 Å². The van der Waals surface area contributed by atoms with E-state index in [2.05, 4.69) is 4.90 Å². The predicted octanol–water partition coefficient (Wildman–Crippen LogP) is 3.17. The van der Waals surface area contributed by atoms with Gasteiger partial charge in [-0.1, -0.05) is 12.1 Å². The Kier molecular flexibility index (Phi) is 5.86. The van der Waals surface area contributed by atoms with Crippen LogP contribution in [0.2, 0.25) is 0 Å². The van der Waals surface area contributed by atoms with Crippen molar-refractivity contribution in [3.8, 4) is 22.8 Å². The van der Waals surface area contributed by atoms with Crippen molar-refractivity contribution >= 4 is 16.7 Å². The maximum Gasteiger partial charge on any atom is 0.270 e. The van der Waals surface area contributed by atoms with Gasteiger partial charge in [0.25, 0.3) is 5.69 Å². The molecule has 0 radical (unpaired) electrons. The molecule has 1 aliphatic rings. The van der Waals surface area contributed by atoms with Crippen LogP contribution in [-0.2, 0) is 0 Å². The average molecular weight is 440 g/mol. The van der Waals surface area contributed by atoms with Crippen LogP contribution in [0.3, 0.4) is 0 Å². The number of ether oxygens (including phenoxy) is 2. The number of aliphatic hydroxyl groups is 1. The topological polar surface area (TPSA) is 115 Å². The van der Waals surface area contributed by atoms with Gasteiger partial charge in [0.05, 0.1) is 25.7 Å². The number of likely N-dealkylation sites (tertiary alicyclic amines) is 1. The molecule has 0 saturated carbocycles. The van der Waals surface area contributed by atoms with Gasteiger partial charge >= 0.3 is 0 Å². The highest BCUT2D eigenvalue weighted by molar-refractivity contribution is 5.90. The lowest BCUT2D eigenvalue weighted by atomic mass is 9.89. The van der Waals surface area contributed by atoms with E-state index in [-0.39, 0.29) is 40.8 Å². The van der Waals surface area contributed by atoms with Crippen LogP contribution < -0.4 is 14.9 Å². The number of nitro groups is 1. The van der Waals surface area contributed by atoms with Gasteiger partial charge < -0.3 is 23.9 Å². The smallest absolute Gasteiger partial charge is 0.270 e.